The van der Waals surface area contributed by atoms with Gasteiger partial charge in [0, 0.05) is 18.4 Å². The maximum atomic E-state index is 12.2. The van der Waals surface area contributed by atoms with E-state index in [-0.39, 0.29) is 11.5 Å². The van der Waals surface area contributed by atoms with Crippen molar-refractivity contribution in [2.45, 2.75) is 12.9 Å². The van der Waals surface area contributed by atoms with E-state index in [9.17, 15) is 18.3 Å². The average Bonchev–Trinajstić information content (AvgIpc) is 2.67. The first-order valence-electron chi connectivity index (χ1n) is 8.34. The number of rotatable bonds is 7. The summed E-state index contributed by atoms with van der Waals surface area (Å²) in [6.07, 6.45) is -2.40. The van der Waals surface area contributed by atoms with Gasteiger partial charge in [-0.15, -0.1) is 13.2 Å². The number of hydrogen-bond acceptors (Lipinski definition) is 7. The lowest BCUT2D eigenvalue weighted by atomic mass is 10.2. The Hall–Kier alpha value is -3.82. The van der Waals surface area contributed by atoms with Crippen LogP contribution in [0.15, 0.2) is 54.9 Å². The lowest BCUT2D eigenvalue weighted by Gasteiger charge is -2.14. The first-order chi connectivity index (χ1) is 13.8. The molecule has 1 aromatic heterocycles. The Kier molecular flexibility index (Phi) is 5.82. The van der Waals surface area contributed by atoms with Gasteiger partial charge in [-0.25, -0.2) is 9.97 Å². The summed E-state index contributed by atoms with van der Waals surface area (Å²) in [7, 11) is 0. The molecule has 10 heteroatoms. The zero-order valence-corrected chi connectivity index (χ0v) is 14.9. The minimum atomic E-state index is -4.76. The lowest BCUT2D eigenvalue weighted by Crippen LogP contribution is -2.17. The number of nitrogens with zero attached hydrogens (tertiary/aromatic N) is 2. The van der Waals surface area contributed by atoms with Crippen molar-refractivity contribution in [3.05, 3.63) is 66.0 Å². The molecule has 3 aromatic rings. The second-order valence-electron chi connectivity index (χ2n) is 5.85. The summed E-state index contributed by atoms with van der Waals surface area (Å²) in [4.78, 5) is 8.21. The molecule has 0 amide bonds. The molecule has 29 heavy (non-hydrogen) atoms. The van der Waals surface area contributed by atoms with Crippen LogP contribution in [0.2, 0.25) is 0 Å². The SMILES string of the molecule is N=Cc1c(NCc2cccc(O)c2)ncnc1Nc1ccc(OC(F)(F)F)cc1. The standard InChI is InChI=1S/C19H16F3N5O2/c20-19(21,22)29-15-6-4-13(5-7-15)27-18-16(9-23)17(25-11-26-18)24-10-12-2-1-3-14(28)8-12/h1-9,11,23,28H,10H2,(H2,24,25,26,27). The van der Waals surface area contributed by atoms with E-state index in [2.05, 4.69) is 25.3 Å². The molecule has 0 atom stereocenters. The van der Waals surface area contributed by atoms with E-state index in [1.165, 1.54) is 30.6 Å². The number of halogens is 3. The third kappa shape index (κ3) is 5.58. The number of alkyl halides is 3. The number of phenolic OH excluding ortho intramolecular Hbond substituents is 1. The number of aromatic nitrogens is 2. The van der Waals surface area contributed by atoms with Gasteiger partial charge in [-0.2, -0.15) is 0 Å². The largest absolute Gasteiger partial charge is 0.573 e. The molecule has 0 unspecified atom stereocenters. The molecule has 0 aliphatic heterocycles. The minimum Gasteiger partial charge on any atom is -0.508 e. The topological polar surface area (TPSA) is 103 Å². The molecule has 0 bridgehead atoms. The van der Waals surface area contributed by atoms with Crippen LogP contribution >= 0.6 is 0 Å². The highest BCUT2D eigenvalue weighted by molar-refractivity contribution is 5.91. The Bertz CT molecular complexity index is 994. The van der Waals surface area contributed by atoms with Gasteiger partial charge in [0.2, 0.25) is 0 Å². The fraction of sp³-hybridized carbons (Fsp3) is 0.105. The third-order valence-electron chi connectivity index (χ3n) is 3.75. The minimum absolute atomic E-state index is 0.138. The maximum Gasteiger partial charge on any atom is 0.573 e. The zero-order chi connectivity index (χ0) is 20.9. The molecular weight excluding hydrogens is 387 g/mol. The molecule has 150 valence electrons. The van der Waals surface area contributed by atoms with Crippen molar-refractivity contribution in [2.24, 2.45) is 0 Å². The number of benzene rings is 2. The molecule has 0 fully saturated rings. The monoisotopic (exact) mass is 403 g/mol. The molecule has 0 saturated carbocycles. The maximum absolute atomic E-state index is 12.2. The van der Waals surface area contributed by atoms with Gasteiger partial charge in [0.05, 0.1) is 5.56 Å². The Labute approximate surface area is 163 Å². The number of hydrogen-bond donors (Lipinski definition) is 4. The Morgan fingerprint density at radius 2 is 1.79 bits per heavy atom. The van der Waals surface area contributed by atoms with Crippen molar-refractivity contribution in [2.75, 3.05) is 10.6 Å². The normalized spacial score (nSPS) is 11.0. The lowest BCUT2D eigenvalue weighted by molar-refractivity contribution is -0.274. The van der Waals surface area contributed by atoms with E-state index in [1.54, 1.807) is 18.2 Å². The number of phenols is 1. The number of nitrogens with one attached hydrogen (secondary N) is 3. The van der Waals surface area contributed by atoms with Crippen molar-refractivity contribution in [3.63, 3.8) is 0 Å². The second-order valence-corrected chi connectivity index (χ2v) is 5.85. The predicted octanol–water partition coefficient (Wildman–Crippen LogP) is 4.43. The van der Waals surface area contributed by atoms with E-state index in [0.717, 1.165) is 11.8 Å². The van der Waals surface area contributed by atoms with Gasteiger partial charge in [0.25, 0.3) is 0 Å². The van der Waals surface area contributed by atoms with Gasteiger partial charge in [-0.3, -0.25) is 0 Å². The van der Waals surface area contributed by atoms with Crippen LogP contribution in [0, 0.1) is 5.41 Å². The Morgan fingerprint density at radius 1 is 1.07 bits per heavy atom. The van der Waals surface area contributed by atoms with Crippen LogP contribution in [0.4, 0.5) is 30.5 Å². The smallest absolute Gasteiger partial charge is 0.508 e. The highest BCUT2D eigenvalue weighted by Crippen LogP contribution is 2.26. The van der Waals surface area contributed by atoms with E-state index in [1.807, 2.05) is 6.07 Å². The first-order valence-corrected chi connectivity index (χ1v) is 8.34. The zero-order valence-electron chi connectivity index (χ0n) is 14.9. The molecule has 3 rings (SSSR count). The summed E-state index contributed by atoms with van der Waals surface area (Å²) in [5.41, 5.74) is 1.64. The van der Waals surface area contributed by atoms with Crippen molar-refractivity contribution in [3.8, 4) is 11.5 Å². The van der Waals surface area contributed by atoms with Gasteiger partial charge in [-0.05, 0) is 42.0 Å². The van der Waals surface area contributed by atoms with Crippen molar-refractivity contribution < 1.29 is 23.0 Å². The number of anilines is 3. The van der Waals surface area contributed by atoms with Crippen molar-refractivity contribution in [1.29, 1.82) is 5.41 Å². The highest BCUT2D eigenvalue weighted by Gasteiger charge is 2.30. The molecule has 4 N–H and O–H groups in total. The summed E-state index contributed by atoms with van der Waals surface area (Å²) >= 11 is 0. The molecule has 0 aliphatic rings. The molecule has 0 saturated heterocycles. The van der Waals surface area contributed by atoms with Gasteiger partial charge in [-0.1, -0.05) is 12.1 Å². The van der Waals surface area contributed by atoms with Crippen molar-refractivity contribution in [1.82, 2.24) is 9.97 Å². The van der Waals surface area contributed by atoms with Crippen LogP contribution in [0.3, 0.4) is 0 Å². The molecule has 0 radical (unpaired) electrons. The van der Waals surface area contributed by atoms with Crippen LogP contribution < -0.4 is 15.4 Å². The molecule has 2 aromatic carbocycles. The van der Waals surface area contributed by atoms with E-state index < -0.39 is 6.36 Å². The summed E-state index contributed by atoms with van der Waals surface area (Å²) in [6, 6.07) is 11.8. The van der Waals surface area contributed by atoms with Crippen LogP contribution in [0.25, 0.3) is 0 Å². The second kappa shape index (κ2) is 8.46. The molecular formula is C19H16F3N5O2. The number of ether oxygens (including phenoxy) is 1. The molecule has 0 aliphatic carbocycles. The fourth-order valence-electron chi connectivity index (χ4n) is 2.50. The predicted molar refractivity (Wildman–Crippen MR) is 102 cm³/mol. The van der Waals surface area contributed by atoms with Crippen LogP contribution in [0.1, 0.15) is 11.1 Å². The number of aromatic hydroxyl groups is 1. The summed E-state index contributed by atoms with van der Waals surface area (Å²) < 4.78 is 40.6. The molecule has 1 heterocycles. The summed E-state index contributed by atoms with van der Waals surface area (Å²) in [5.74, 6) is 0.488. The Morgan fingerprint density at radius 3 is 2.45 bits per heavy atom. The van der Waals surface area contributed by atoms with Crippen LogP contribution in [-0.2, 0) is 6.54 Å². The molecule has 0 spiro atoms. The van der Waals surface area contributed by atoms with Gasteiger partial charge in [0.1, 0.15) is 29.5 Å². The first kappa shape index (κ1) is 19.9. The Balaban J connectivity index is 1.74. The third-order valence-corrected chi connectivity index (χ3v) is 3.75. The summed E-state index contributed by atoms with van der Waals surface area (Å²) in [5, 5.41) is 23.2. The van der Waals surface area contributed by atoms with E-state index >= 15 is 0 Å². The van der Waals surface area contributed by atoms with E-state index in [4.69, 9.17) is 5.41 Å². The van der Waals surface area contributed by atoms with Gasteiger partial charge in [0.15, 0.2) is 0 Å². The van der Waals surface area contributed by atoms with Gasteiger partial charge < -0.3 is 25.9 Å². The van der Waals surface area contributed by atoms with E-state index in [0.29, 0.717) is 29.4 Å². The van der Waals surface area contributed by atoms with Crippen molar-refractivity contribution >= 4 is 23.5 Å². The quantitative estimate of drug-likeness (QED) is 0.435. The van der Waals surface area contributed by atoms with Gasteiger partial charge >= 0.3 is 6.36 Å². The fourth-order valence-corrected chi connectivity index (χ4v) is 2.50. The highest BCUT2D eigenvalue weighted by atomic mass is 19.4. The average molecular weight is 403 g/mol. The summed E-state index contributed by atoms with van der Waals surface area (Å²) in [6.45, 7) is 0.356. The van der Waals surface area contributed by atoms with Crippen LogP contribution in [0.5, 0.6) is 11.5 Å². The van der Waals surface area contributed by atoms with Crippen LogP contribution in [-0.4, -0.2) is 27.7 Å². The molecule has 7 nitrogen and oxygen atoms in total.